The highest BCUT2D eigenvalue weighted by molar-refractivity contribution is 6.03. The molecule has 0 radical (unpaired) electrons. The Kier molecular flexibility index (Phi) is 12.1. The van der Waals surface area contributed by atoms with E-state index in [2.05, 4.69) is 48.6 Å². The van der Waals surface area contributed by atoms with E-state index in [0.717, 1.165) is 120 Å². The van der Waals surface area contributed by atoms with Gasteiger partial charge in [0, 0.05) is 93.0 Å². The van der Waals surface area contributed by atoms with Crippen LogP contribution in [0.4, 0.5) is 20.3 Å². The first kappa shape index (κ1) is 48.7. The van der Waals surface area contributed by atoms with Crippen molar-refractivity contribution in [2.45, 2.75) is 109 Å². The summed E-state index contributed by atoms with van der Waals surface area (Å²) in [5.41, 5.74) is 4.78. The van der Waals surface area contributed by atoms with Gasteiger partial charge in [0.2, 0.25) is 5.91 Å². The smallest absolute Gasteiger partial charge is 0.319 e. The second kappa shape index (κ2) is 18.6. The number of allylic oxidation sites excluding steroid dienone is 1. The number of aliphatic hydroxyl groups excluding tert-OH is 1. The predicted octanol–water partition coefficient (Wildman–Crippen LogP) is 8.35. The lowest BCUT2D eigenvalue weighted by molar-refractivity contribution is -0.126. The van der Waals surface area contributed by atoms with Gasteiger partial charge in [0.05, 0.1) is 18.1 Å². The molecule has 2 amide bonds. The molecule has 394 valence electrons. The first-order valence-corrected chi connectivity index (χ1v) is 27.7. The van der Waals surface area contributed by atoms with Crippen molar-refractivity contribution in [3.63, 3.8) is 0 Å². The number of likely N-dealkylation sites (tertiary alicyclic amines) is 1. The number of ether oxygens (including phenoxy) is 1. The highest BCUT2D eigenvalue weighted by atomic mass is 19.1. The number of halogens is 2. The molecule has 14 nitrogen and oxygen atoms in total. The Morgan fingerprint density at radius 2 is 1.67 bits per heavy atom. The summed E-state index contributed by atoms with van der Waals surface area (Å²) >= 11 is 0. The van der Waals surface area contributed by atoms with Gasteiger partial charge in [0.25, 0.3) is 5.91 Å². The number of piperidine rings is 3. The van der Waals surface area contributed by atoms with Gasteiger partial charge in [-0.25, -0.2) is 8.78 Å². The Morgan fingerprint density at radius 3 is 2.41 bits per heavy atom. The molecule has 75 heavy (non-hydrogen) atoms. The van der Waals surface area contributed by atoms with Crippen molar-refractivity contribution in [3.05, 3.63) is 89.3 Å². The lowest BCUT2D eigenvalue weighted by Crippen LogP contribution is -2.53. The average molecular weight is 1020 g/mol. The molecule has 5 aromatic rings. The summed E-state index contributed by atoms with van der Waals surface area (Å²) in [6, 6.07) is 11.9. The van der Waals surface area contributed by atoms with Crippen LogP contribution < -0.4 is 19.9 Å². The first-order valence-electron chi connectivity index (χ1n) is 27.7. The van der Waals surface area contributed by atoms with Crippen LogP contribution in [-0.4, -0.2) is 136 Å². The maximum Gasteiger partial charge on any atom is 0.319 e. The maximum absolute atomic E-state index is 17.3. The molecule has 7 fully saturated rings. The molecule has 0 bridgehead atoms. The maximum atomic E-state index is 17.3. The molecule has 3 saturated carbocycles. The topological polar surface area (TPSA) is 151 Å². The number of amides is 2. The number of nitrogens with zero attached hydrogens (tertiary/aromatic N) is 8. The number of phenols is 1. The lowest BCUT2D eigenvalue weighted by Gasteiger charge is -2.54. The fourth-order valence-electron chi connectivity index (χ4n) is 14.7. The van der Waals surface area contributed by atoms with E-state index in [4.69, 9.17) is 14.7 Å². The highest BCUT2D eigenvalue weighted by Crippen LogP contribution is 2.55. The zero-order valence-corrected chi connectivity index (χ0v) is 43.2. The summed E-state index contributed by atoms with van der Waals surface area (Å²) in [7, 11) is 0. The number of aryl methyl sites for hydroxylation is 1. The van der Waals surface area contributed by atoms with Gasteiger partial charge in [0.15, 0.2) is 5.82 Å². The second-order valence-electron chi connectivity index (χ2n) is 24.1. The number of pyridine rings is 1. The highest BCUT2D eigenvalue weighted by Gasteiger charge is 2.50. The number of aromatic nitrogens is 3. The van der Waals surface area contributed by atoms with Gasteiger partial charge in [0.1, 0.15) is 34.6 Å². The molecule has 16 heteroatoms. The second-order valence-corrected chi connectivity index (χ2v) is 24.1. The van der Waals surface area contributed by atoms with Crippen molar-refractivity contribution in [3.8, 4) is 23.0 Å². The van der Waals surface area contributed by atoms with E-state index in [0.29, 0.717) is 83.0 Å². The number of aromatic hydroxyl groups is 1. The Balaban J connectivity index is 0.633. The van der Waals surface area contributed by atoms with Crippen molar-refractivity contribution in [1.29, 1.82) is 0 Å². The molecule has 13 rings (SSSR count). The normalized spacial score (nSPS) is 23.8. The van der Waals surface area contributed by atoms with E-state index < -0.39 is 17.7 Å². The van der Waals surface area contributed by atoms with Gasteiger partial charge < -0.3 is 39.9 Å². The molecule has 1 atom stereocenters. The van der Waals surface area contributed by atoms with Crippen molar-refractivity contribution >= 4 is 45.0 Å². The summed E-state index contributed by atoms with van der Waals surface area (Å²) in [4.78, 5) is 52.1. The Morgan fingerprint density at radius 1 is 0.867 bits per heavy atom. The third-order valence-electron chi connectivity index (χ3n) is 19.0. The summed E-state index contributed by atoms with van der Waals surface area (Å²) in [6.45, 7) is 16.3. The minimum absolute atomic E-state index is 0.0137. The van der Waals surface area contributed by atoms with E-state index in [1.807, 2.05) is 13.0 Å². The molecule has 0 unspecified atom stereocenters. The number of piperazine rings is 1. The molecule has 7 heterocycles. The lowest BCUT2D eigenvalue weighted by atomic mass is 9.57. The predicted molar refractivity (Wildman–Crippen MR) is 284 cm³/mol. The largest absolute Gasteiger partial charge is 0.508 e. The standard InChI is InChI=1S/C59H69F2N9O5/c1-3-43-47(60)9-6-38-24-41(71)25-45(49(38)43)51-50(61)52-46(30-62-51)53(69-16-4-11-59(34-69)28-42(72)29-59)65-56(64-52)75-35-58(12-13-58)33-67-17-14-57(15-18-67)26-37(27-57)31-66-19-21-68(22-20-66)40-7-8-44-39(23-40)32-70(55(44)74)48-10-5-36(2)63-54(48)73/h6-9,23-25,30,37,42,48,71-72H,2-5,10-22,26-29,31-35H2,1H3,(H,63,73)/t42?,48-,59?/m0/s1. The number of fused-ring (bicyclic) bond motifs is 3. The van der Waals surface area contributed by atoms with Crippen molar-refractivity contribution in [1.82, 2.24) is 35.0 Å². The summed E-state index contributed by atoms with van der Waals surface area (Å²) < 4.78 is 39.1. The van der Waals surface area contributed by atoms with Gasteiger partial charge in [-0.3, -0.25) is 19.5 Å². The number of phenolic OH excluding ortho intramolecular Hbond substituents is 1. The van der Waals surface area contributed by atoms with Gasteiger partial charge in [-0.1, -0.05) is 19.6 Å². The van der Waals surface area contributed by atoms with E-state index >= 15 is 8.78 Å². The van der Waals surface area contributed by atoms with Crippen LogP contribution in [0.25, 0.3) is 32.9 Å². The minimum atomic E-state index is -0.672. The Bertz CT molecular complexity index is 3110. The monoisotopic (exact) mass is 1020 g/mol. The average Bonchev–Trinajstić information content (AvgIpc) is 4.08. The molecule has 2 spiro atoms. The quantitative estimate of drug-likeness (QED) is 0.110. The number of carbonyl (C=O) groups is 2. The van der Waals surface area contributed by atoms with Crippen LogP contribution in [0.5, 0.6) is 11.8 Å². The van der Waals surface area contributed by atoms with Crippen molar-refractivity contribution in [2.24, 2.45) is 22.2 Å². The number of rotatable bonds is 12. The summed E-state index contributed by atoms with van der Waals surface area (Å²) in [6.07, 6.45) is 13.5. The van der Waals surface area contributed by atoms with Gasteiger partial charge >= 0.3 is 6.01 Å². The third-order valence-corrected chi connectivity index (χ3v) is 19.0. The zero-order chi connectivity index (χ0) is 51.4. The number of hydrogen-bond donors (Lipinski definition) is 3. The van der Waals surface area contributed by atoms with E-state index in [-0.39, 0.29) is 51.7 Å². The van der Waals surface area contributed by atoms with E-state index in [1.165, 1.54) is 37.8 Å². The van der Waals surface area contributed by atoms with E-state index in [1.54, 1.807) is 23.2 Å². The number of benzene rings is 3. The molecule has 3 aliphatic carbocycles. The number of nitrogens with one attached hydrogen (secondary N) is 1. The van der Waals surface area contributed by atoms with Gasteiger partial charge in [-0.05, 0) is 172 Å². The number of aliphatic hydroxyl groups is 1. The Labute approximate surface area is 437 Å². The zero-order valence-electron chi connectivity index (χ0n) is 43.2. The molecule has 5 aliphatic heterocycles. The first-order chi connectivity index (χ1) is 36.2. The molecule has 4 saturated heterocycles. The van der Waals surface area contributed by atoms with Crippen molar-refractivity contribution in [2.75, 3.05) is 81.9 Å². The summed E-state index contributed by atoms with van der Waals surface area (Å²) in [5.74, 6) is -0.0215. The van der Waals surface area contributed by atoms with Crippen LogP contribution in [0.2, 0.25) is 0 Å². The fourth-order valence-corrected chi connectivity index (χ4v) is 14.7. The molecule has 3 N–H and O–H groups in total. The minimum Gasteiger partial charge on any atom is -0.508 e. The molecular weight excluding hydrogens is 953 g/mol. The van der Waals surface area contributed by atoms with Crippen LogP contribution >= 0.6 is 0 Å². The number of hydrogen-bond acceptors (Lipinski definition) is 12. The van der Waals surface area contributed by atoms with Crippen molar-refractivity contribution < 1.29 is 33.3 Å². The van der Waals surface area contributed by atoms with Crippen LogP contribution in [0, 0.1) is 33.8 Å². The van der Waals surface area contributed by atoms with Crippen LogP contribution in [0.3, 0.4) is 0 Å². The molecule has 8 aliphatic rings. The number of anilines is 2. The Hall–Kier alpha value is -5.97. The molecular formula is C59H69F2N9O5. The summed E-state index contributed by atoms with van der Waals surface area (Å²) in [5, 5.41) is 25.6. The van der Waals surface area contributed by atoms with Gasteiger partial charge in [-0.15, -0.1) is 0 Å². The fraction of sp³-hybridized carbons (Fsp3) is 0.542. The number of carbonyl (C=O) groups excluding carboxylic acids is 2. The molecule has 2 aromatic heterocycles. The van der Waals surface area contributed by atoms with Crippen LogP contribution in [0.1, 0.15) is 105 Å². The van der Waals surface area contributed by atoms with Crippen LogP contribution in [0.15, 0.2) is 60.9 Å². The third kappa shape index (κ3) is 8.95. The van der Waals surface area contributed by atoms with E-state index in [9.17, 15) is 19.8 Å². The van der Waals surface area contributed by atoms with Crippen LogP contribution in [-0.2, 0) is 17.8 Å². The van der Waals surface area contributed by atoms with Gasteiger partial charge in [-0.2, -0.15) is 9.97 Å². The SMILES string of the molecule is C=C1CC[C@H](N2Cc3cc(N4CCN(CC5CC6(CCN(CC7(COc8nc(N9CCCC%10(CC(O)C%10)C9)c9cnc(-c%10cc(O)cc%11ccc(F)c(CC)c%10%11)c(F)c9n8)CC7)CC6)C5)CC4)ccc3C2=O)C(=O)N1. The molecule has 3 aromatic carbocycles.